The third kappa shape index (κ3) is 2.82. The molecule has 3 rings (SSSR count). The Bertz CT molecular complexity index is 819. The molecule has 1 aromatic heterocycles. The van der Waals surface area contributed by atoms with E-state index in [0.29, 0.717) is 9.83 Å². The van der Waals surface area contributed by atoms with Crippen molar-refractivity contribution in [2.75, 3.05) is 5.43 Å². The lowest BCUT2D eigenvalue weighted by Crippen LogP contribution is -2.29. The van der Waals surface area contributed by atoms with Gasteiger partial charge in [-0.25, -0.2) is 13.8 Å². The monoisotopic (exact) mass is 305 g/mol. The highest BCUT2D eigenvalue weighted by atomic mass is 32.1. The van der Waals surface area contributed by atoms with E-state index in [9.17, 15) is 13.6 Å². The Morgan fingerprint density at radius 2 is 1.95 bits per heavy atom. The summed E-state index contributed by atoms with van der Waals surface area (Å²) in [7, 11) is 0. The summed E-state index contributed by atoms with van der Waals surface area (Å²) in [6.45, 7) is 0. The number of para-hydroxylation sites is 1. The van der Waals surface area contributed by atoms with Gasteiger partial charge in [0.1, 0.15) is 17.2 Å². The molecule has 0 unspecified atom stereocenters. The predicted molar refractivity (Wildman–Crippen MR) is 77.1 cm³/mol. The molecule has 0 aliphatic carbocycles. The fourth-order valence-electron chi connectivity index (χ4n) is 1.78. The van der Waals surface area contributed by atoms with Crippen molar-refractivity contribution in [3.63, 3.8) is 0 Å². The van der Waals surface area contributed by atoms with Crippen LogP contribution in [0.1, 0.15) is 10.4 Å². The molecular formula is C14H9F2N3OS. The fraction of sp³-hybridized carbons (Fsp3) is 0. The van der Waals surface area contributed by atoms with Gasteiger partial charge in [-0.05, 0) is 30.3 Å². The van der Waals surface area contributed by atoms with Crippen molar-refractivity contribution < 1.29 is 13.6 Å². The first-order chi connectivity index (χ1) is 10.1. The van der Waals surface area contributed by atoms with E-state index in [-0.39, 0.29) is 11.1 Å². The van der Waals surface area contributed by atoms with Gasteiger partial charge < -0.3 is 0 Å². The number of carbonyl (C=O) groups is 1. The molecule has 0 fully saturated rings. The van der Waals surface area contributed by atoms with Crippen LogP contribution >= 0.6 is 11.3 Å². The number of aromatic nitrogens is 1. The zero-order chi connectivity index (χ0) is 14.8. The Morgan fingerprint density at radius 1 is 1.14 bits per heavy atom. The molecule has 0 saturated heterocycles. The fourth-order valence-corrected chi connectivity index (χ4v) is 2.61. The summed E-state index contributed by atoms with van der Waals surface area (Å²) in [4.78, 5) is 15.9. The average Bonchev–Trinajstić information content (AvgIpc) is 2.89. The molecule has 2 aromatic carbocycles. The number of carbonyl (C=O) groups excluding carboxylic acids is 1. The van der Waals surface area contributed by atoms with Gasteiger partial charge in [-0.1, -0.05) is 23.5 Å². The maximum atomic E-state index is 13.5. The number of halogens is 2. The number of anilines is 1. The van der Waals surface area contributed by atoms with Gasteiger partial charge in [-0.2, -0.15) is 0 Å². The third-order valence-electron chi connectivity index (χ3n) is 2.74. The van der Waals surface area contributed by atoms with Crippen LogP contribution in [0.3, 0.4) is 0 Å². The van der Waals surface area contributed by atoms with E-state index in [0.717, 1.165) is 6.07 Å². The molecule has 1 amide bonds. The summed E-state index contributed by atoms with van der Waals surface area (Å²) in [6, 6.07) is 9.93. The number of fused-ring (bicyclic) bond motifs is 1. The lowest BCUT2D eigenvalue weighted by atomic mass is 10.2. The van der Waals surface area contributed by atoms with Crippen molar-refractivity contribution in [1.82, 2.24) is 10.4 Å². The van der Waals surface area contributed by atoms with Crippen LogP contribution in [0, 0.1) is 11.6 Å². The highest BCUT2D eigenvalue weighted by molar-refractivity contribution is 7.22. The van der Waals surface area contributed by atoms with E-state index in [2.05, 4.69) is 15.8 Å². The number of hydrazine groups is 1. The quantitative estimate of drug-likeness (QED) is 0.730. The standard InChI is InChI=1S/C14H9F2N3OS/c15-9-4-1-3-8(7-9)13(20)18-19-14-17-12-10(16)5-2-6-11(12)21-14/h1-7H,(H,17,19)(H,18,20). The predicted octanol–water partition coefficient (Wildman–Crippen LogP) is 3.33. The van der Waals surface area contributed by atoms with E-state index in [1.165, 1.54) is 35.6 Å². The summed E-state index contributed by atoms with van der Waals surface area (Å²) in [6.07, 6.45) is 0. The molecule has 0 aliphatic heterocycles. The third-order valence-corrected chi connectivity index (χ3v) is 3.68. The smallest absolute Gasteiger partial charge is 0.269 e. The molecule has 106 valence electrons. The van der Waals surface area contributed by atoms with Gasteiger partial charge in [0.2, 0.25) is 5.13 Å². The van der Waals surface area contributed by atoms with Crippen molar-refractivity contribution >= 4 is 32.6 Å². The molecule has 0 radical (unpaired) electrons. The van der Waals surface area contributed by atoms with E-state index >= 15 is 0 Å². The minimum absolute atomic E-state index is 0.176. The maximum absolute atomic E-state index is 13.5. The number of nitrogens with zero attached hydrogens (tertiary/aromatic N) is 1. The van der Waals surface area contributed by atoms with Crippen molar-refractivity contribution in [2.24, 2.45) is 0 Å². The molecule has 0 atom stereocenters. The van der Waals surface area contributed by atoms with Crippen LogP contribution in [-0.2, 0) is 0 Å². The number of rotatable bonds is 3. The highest BCUT2D eigenvalue weighted by Gasteiger charge is 2.10. The number of amides is 1. The molecule has 21 heavy (non-hydrogen) atoms. The molecule has 3 aromatic rings. The van der Waals surface area contributed by atoms with Gasteiger partial charge in [0.15, 0.2) is 0 Å². The molecule has 1 heterocycles. The van der Waals surface area contributed by atoms with E-state index in [1.807, 2.05) is 0 Å². The van der Waals surface area contributed by atoms with Gasteiger partial charge in [-0.15, -0.1) is 0 Å². The van der Waals surface area contributed by atoms with Crippen molar-refractivity contribution in [3.8, 4) is 0 Å². The number of thiazole rings is 1. The second-order valence-corrected chi connectivity index (χ2v) is 5.23. The lowest BCUT2D eigenvalue weighted by Gasteiger charge is -2.05. The van der Waals surface area contributed by atoms with E-state index < -0.39 is 17.5 Å². The molecule has 0 aliphatic rings. The van der Waals surface area contributed by atoms with E-state index in [1.54, 1.807) is 12.1 Å². The summed E-state index contributed by atoms with van der Waals surface area (Å²) < 4.78 is 27.2. The normalized spacial score (nSPS) is 10.6. The van der Waals surface area contributed by atoms with E-state index in [4.69, 9.17) is 0 Å². The Hall–Kier alpha value is -2.54. The molecule has 0 bridgehead atoms. The number of hydrogen-bond donors (Lipinski definition) is 2. The number of nitrogens with one attached hydrogen (secondary N) is 2. The molecule has 7 heteroatoms. The molecule has 2 N–H and O–H groups in total. The summed E-state index contributed by atoms with van der Waals surface area (Å²) >= 11 is 1.20. The van der Waals surface area contributed by atoms with Crippen LogP contribution in [0.5, 0.6) is 0 Å². The van der Waals surface area contributed by atoms with Gasteiger partial charge in [0.25, 0.3) is 5.91 Å². The second kappa shape index (κ2) is 5.45. The summed E-state index contributed by atoms with van der Waals surface area (Å²) in [5.74, 6) is -1.42. The highest BCUT2D eigenvalue weighted by Crippen LogP contribution is 2.26. The van der Waals surface area contributed by atoms with Crippen LogP contribution < -0.4 is 10.9 Å². The maximum Gasteiger partial charge on any atom is 0.269 e. The van der Waals surface area contributed by atoms with Gasteiger partial charge in [0, 0.05) is 5.56 Å². The zero-order valence-electron chi connectivity index (χ0n) is 10.6. The van der Waals surface area contributed by atoms with Crippen LogP contribution in [0.25, 0.3) is 10.2 Å². The molecule has 0 saturated carbocycles. The van der Waals surface area contributed by atoms with Gasteiger partial charge in [-0.3, -0.25) is 15.6 Å². The lowest BCUT2D eigenvalue weighted by molar-refractivity contribution is 0.0962. The second-order valence-electron chi connectivity index (χ2n) is 4.20. The SMILES string of the molecule is O=C(NNc1nc2c(F)cccc2s1)c1cccc(F)c1. The van der Waals surface area contributed by atoms with Crippen molar-refractivity contribution in [1.29, 1.82) is 0 Å². The molecule has 4 nitrogen and oxygen atoms in total. The Balaban J connectivity index is 1.74. The molecular weight excluding hydrogens is 296 g/mol. The van der Waals surface area contributed by atoms with Crippen LogP contribution in [0.2, 0.25) is 0 Å². The first kappa shape index (κ1) is 13.4. The van der Waals surface area contributed by atoms with Gasteiger partial charge in [0.05, 0.1) is 4.70 Å². The van der Waals surface area contributed by atoms with Crippen molar-refractivity contribution in [2.45, 2.75) is 0 Å². The summed E-state index contributed by atoms with van der Waals surface area (Å²) in [5, 5.41) is 0.347. The Kier molecular flexibility index (Phi) is 3.49. The van der Waals surface area contributed by atoms with Gasteiger partial charge >= 0.3 is 0 Å². The summed E-state index contributed by atoms with van der Waals surface area (Å²) in [5.41, 5.74) is 5.41. The Morgan fingerprint density at radius 3 is 2.71 bits per heavy atom. The number of hydrogen-bond acceptors (Lipinski definition) is 4. The van der Waals surface area contributed by atoms with Crippen LogP contribution in [0.4, 0.5) is 13.9 Å². The molecule has 0 spiro atoms. The van der Waals surface area contributed by atoms with Crippen LogP contribution in [-0.4, -0.2) is 10.9 Å². The minimum Gasteiger partial charge on any atom is -0.273 e. The first-order valence-corrected chi connectivity index (χ1v) is 6.82. The zero-order valence-corrected chi connectivity index (χ0v) is 11.4. The average molecular weight is 305 g/mol. The number of benzene rings is 2. The first-order valence-electron chi connectivity index (χ1n) is 6.00. The largest absolute Gasteiger partial charge is 0.273 e. The van der Waals surface area contributed by atoms with Crippen LogP contribution in [0.15, 0.2) is 42.5 Å². The minimum atomic E-state index is -0.505. The topological polar surface area (TPSA) is 54.0 Å². The Labute approximate surface area is 122 Å². The van der Waals surface area contributed by atoms with Crippen molar-refractivity contribution in [3.05, 3.63) is 59.7 Å².